The Bertz CT molecular complexity index is 564. The summed E-state index contributed by atoms with van der Waals surface area (Å²) >= 11 is 0. The standard InChI is InChI=1S/C14H18N2/c1-9-6-10(2)14-11-4-5-15-8-13(11)16(3)12(14)7-9/h6-7,15H,4-5,8H2,1-3H3. The van der Waals surface area contributed by atoms with Crippen molar-refractivity contribution in [3.8, 4) is 0 Å². The maximum atomic E-state index is 3.46. The van der Waals surface area contributed by atoms with Gasteiger partial charge in [0.2, 0.25) is 0 Å². The normalized spacial score (nSPS) is 15.4. The van der Waals surface area contributed by atoms with Gasteiger partial charge < -0.3 is 9.88 Å². The molecule has 0 radical (unpaired) electrons. The highest BCUT2D eigenvalue weighted by atomic mass is 15.0. The van der Waals surface area contributed by atoms with E-state index in [2.05, 4.69) is 42.9 Å². The van der Waals surface area contributed by atoms with Crippen LogP contribution in [0, 0.1) is 13.8 Å². The summed E-state index contributed by atoms with van der Waals surface area (Å²) < 4.78 is 2.36. The largest absolute Gasteiger partial charge is 0.346 e. The lowest BCUT2D eigenvalue weighted by atomic mass is 10.00. The Kier molecular flexibility index (Phi) is 2.08. The zero-order valence-corrected chi connectivity index (χ0v) is 10.2. The summed E-state index contributed by atoms with van der Waals surface area (Å²) in [5.74, 6) is 0. The molecule has 0 bridgehead atoms. The molecule has 1 aliphatic heterocycles. The third kappa shape index (κ3) is 1.23. The van der Waals surface area contributed by atoms with Crippen molar-refractivity contribution in [3.63, 3.8) is 0 Å². The molecule has 3 rings (SSSR count). The van der Waals surface area contributed by atoms with Gasteiger partial charge in [0, 0.05) is 30.2 Å². The third-order valence-corrected chi connectivity index (χ3v) is 3.72. The smallest absolute Gasteiger partial charge is 0.0488 e. The van der Waals surface area contributed by atoms with Crippen LogP contribution in [0.3, 0.4) is 0 Å². The molecule has 1 aromatic carbocycles. The Hall–Kier alpha value is -1.28. The van der Waals surface area contributed by atoms with Gasteiger partial charge in [0.25, 0.3) is 0 Å². The van der Waals surface area contributed by atoms with Gasteiger partial charge >= 0.3 is 0 Å². The molecular weight excluding hydrogens is 196 g/mol. The van der Waals surface area contributed by atoms with E-state index < -0.39 is 0 Å². The lowest BCUT2D eigenvalue weighted by Gasteiger charge is -2.14. The summed E-state index contributed by atoms with van der Waals surface area (Å²) in [6, 6.07) is 4.60. The first-order valence-corrected chi connectivity index (χ1v) is 5.96. The van der Waals surface area contributed by atoms with Crippen molar-refractivity contribution in [2.45, 2.75) is 26.8 Å². The number of aryl methyl sites for hydroxylation is 3. The van der Waals surface area contributed by atoms with Crippen LogP contribution in [0.25, 0.3) is 10.9 Å². The Morgan fingerprint density at radius 2 is 2.06 bits per heavy atom. The van der Waals surface area contributed by atoms with Gasteiger partial charge in [0.05, 0.1) is 0 Å². The number of hydrogen-bond acceptors (Lipinski definition) is 1. The molecule has 0 saturated carbocycles. The van der Waals surface area contributed by atoms with E-state index in [4.69, 9.17) is 0 Å². The molecule has 0 unspecified atom stereocenters. The molecule has 0 saturated heterocycles. The second-order valence-corrected chi connectivity index (χ2v) is 4.89. The zero-order valence-electron chi connectivity index (χ0n) is 10.2. The van der Waals surface area contributed by atoms with E-state index in [1.807, 2.05) is 0 Å². The molecular formula is C14H18N2. The van der Waals surface area contributed by atoms with Crippen LogP contribution in [0.1, 0.15) is 22.4 Å². The molecule has 2 nitrogen and oxygen atoms in total. The van der Waals surface area contributed by atoms with E-state index in [0.717, 1.165) is 19.5 Å². The molecule has 2 heterocycles. The number of aromatic nitrogens is 1. The molecule has 0 amide bonds. The minimum Gasteiger partial charge on any atom is -0.346 e. The van der Waals surface area contributed by atoms with Crippen molar-refractivity contribution in [1.82, 2.24) is 9.88 Å². The predicted octanol–water partition coefficient (Wildman–Crippen LogP) is 2.44. The lowest BCUT2D eigenvalue weighted by Crippen LogP contribution is -2.24. The fraction of sp³-hybridized carbons (Fsp3) is 0.429. The molecule has 1 aliphatic rings. The SMILES string of the molecule is Cc1cc(C)c2c3c(n(C)c2c1)CNCC3. The van der Waals surface area contributed by atoms with Crippen molar-refractivity contribution >= 4 is 10.9 Å². The summed E-state index contributed by atoms with van der Waals surface area (Å²) in [4.78, 5) is 0. The Morgan fingerprint density at radius 1 is 1.25 bits per heavy atom. The van der Waals surface area contributed by atoms with Gasteiger partial charge in [-0.05, 0) is 49.6 Å². The quantitative estimate of drug-likeness (QED) is 0.712. The fourth-order valence-electron chi connectivity index (χ4n) is 3.01. The Morgan fingerprint density at radius 3 is 2.88 bits per heavy atom. The minimum absolute atomic E-state index is 1.01. The second kappa shape index (κ2) is 3.36. The zero-order chi connectivity index (χ0) is 11.3. The lowest BCUT2D eigenvalue weighted by molar-refractivity contribution is 0.614. The van der Waals surface area contributed by atoms with Gasteiger partial charge in [0.1, 0.15) is 0 Å². The first-order chi connectivity index (χ1) is 7.68. The van der Waals surface area contributed by atoms with Crippen LogP contribution >= 0.6 is 0 Å². The molecule has 0 atom stereocenters. The number of nitrogens with zero attached hydrogens (tertiary/aromatic N) is 1. The minimum atomic E-state index is 1.01. The molecule has 84 valence electrons. The van der Waals surface area contributed by atoms with Gasteiger partial charge in [-0.2, -0.15) is 0 Å². The molecule has 16 heavy (non-hydrogen) atoms. The van der Waals surface area contributed by atoms with Gasteiger partial charge in [-0.1, -0.05) is 6.07 Å². The summed E-state index contributed by atoms with van der Waals surface area (Å²) in [7, 11) is 2.19. The van der Waals surface area contributed by atoms with Crippen LogP contribution < -0.4 is 5.32 Å². The number of fused-ring (bicyclic) bond motifs is 3. The average Bonchev–Trinajstić information content (AvgIpc) is 2.54. The van der Waals surface area contributed by atoms with Gasteiger partial charge in [-0.15, -0.1) is 0 Å². The second-order valence-electron chi connectivity index (χ2n) is 4.89. The van der Waals surface area contributed by atoms with E-state index in [1.54, 1.807) is 5.56 Å². The van der Waals surface area contributed by atoms with Crippen LogP contribution in [0.2, 0.25) is 0 Å². The summed E-state index contributed by atoms with van der Waals surface area (Å²) in [5, 5.41) is 4.95. The number of nitrogens with one attached hydrogen (secondary N) is 1. The maximum Gasteiger partial charge on any atom is 0.0488 e. The molecule has 1 N–H and O–H groups in total. The number of rotatable bonds is 0. The van der Waals surface area contributed by atoms with Crippen LogP contribution in [-0.2, 0) is 20.0 Å². The topological polar surface area (TPSA) is 17.0 Å². The number of hydrogen-bond donors (Lipinski definition) is 1. The summed E-state index contributed by atoms with van der Waals surface area (Å²) in [5.41, 5.74) is 7.21. The van der Waals surface area contributed by atoms with Crippen LogP contribution in [0.5, 0.6) is 0 Å². The van der Waals surface area contributed by atoms with Crippen LogP contribution in [0.15, 0.2) is 12.1 Å². The van der Waals surface area contributed by atoms with Gasteiger partial charge in [0.15, 0.2) is 0 Å². The van der Waals surface area contributed by atoms with Crippen molar-refractivity contribution in [1.29, 1.82) is 0 Å². The van der Waals surface area contributed by atoms with E-state index in [1.165, 1.54) is 27.7 Å². The highest BCUT2D eigenvalue weighted by molar-refractivity contribution is 5.89. The van der Waals surface area contributed by atoms with E-state index >= 15 is 0 Å². The Labute approximate surface area is 96.3 Å². The number of benzene rings is 1. The van der Waals surface area contributed by atoms with Gasteiger partial charge in [-0.3, -0.25) is 0 Å². The monoisotopic (exact) mass is 214 g/mol. The van der Waals surface area contributed by atoms with Crippen LogP contribution in [0.4, 0.5) is 0 Å². The molecule has 0 aliphatic carbocycles. The predicted molar refractivity (Wildman–Crippen MR) is 67.8 cm³/mol. The van der Waals surface area contributed by atoms with Crippen LogP contribution in [-0.4, -0.2) is 11.1 Å². The molecule has 2 aromatic rings. The van der Waals surface area contributed by atoms with Crippen molar-refractivity contribution in [2.75, 3.05) is 6.54 Å². The van der Waals surface area contributed by atoms with E-state index in [0.29, 0.717) is 0 Å². The molecule has 2 heteroatoms. The third-order valence-electron chi connectivity index (χ3n) is 3.72. The summed E-state index contributed by atoms with van der Waals surface area (Å²) in [6.07, 6.45) is 1.16. The van der Waals surface area contributed by atoms with Crippen molar-refractivity contribution in [3.05, 3.63) is 34.5 Å². The van der Waals surface area contributed by atoms with Crippen molar-refractivity contribution in [2.24, 2.45) is 7.05 Å². The Balaban J connectivity index is 2.44. The van der Waals surface area contributed by atoms with E-state index in [-0.39, 0.29) is 0 Å². The molecule has 1 aromatic heterocycles. The van der Waals surface area contributed by atoms with Gasteiger partial charge in [-0.25, -0.2) is 0 Å². The molecule has 0 spiro atoms. The first-order valence-electron chi connectivity index (χ1n) is 5.96. The average molecular weight is 214 g/mol. The van der Waals surface area contributed by atoms with E-state index in [9.17, 15) is 0 Å². The summed E-state index contributed by atoms with van der Waals surface area (Å²) in [6.45, 7) is 6.53. The fourth-order valence-corrected chi connectivity index (χ4v) is 3.01. The molecule has 0 fully saturated rings. The highest BCUT2D eigenvalue weighted by Crippen LogP contribution is 2.31. The van der Waals surface area contributed by atoms with Crippen molar-refractivity contribution < 1.29 is 0 Å². The highest BCUT2D eigenvalue weighted by Gasteiger charge is 2.19. The maximum absolute atomic E-state index is 3.46. The first kappa shape index (κ1) is 9.91.